The molecule has 0 saturated carbocycles. The predicted molar refractivity (Wildman–Crippen MR) is 95.5 cm³/mol. The normalized spacial score (nSPS) is 13.8. The number of carbonyl (C=O) groups excluding carboxylic acids is 1. The zero-order valence-corrected chi connectivity index (χ0v) is 14.7. The fourth-order valence-electron chi connectivity index (χ4n) is 3.11. The van der Waals surface area contributed by atoms with Gasteiger partial charge in [-0.05, 0) is 31.4 Å². The molecule has 0 saturated heterocycles. The summed E-state index contributed by atoms with van der Waals surface area (Å²) in [4.78, 5) is 24.0. The first-order valence-corrected chi connectivity index (χ1v) is 8.61. The number of rotatable bonds is 8. The summed E-state index contributed by atoms with van der Waals surface area (Å²) in [6.45, 7) is 3.47. The van der Waals surface area contributed by atoms with E-state index < -0.39 is 23.7 Å². The second kappa shape index (κ2) is 8.13. The van der Waals surface area contributed by atoms with E-state index in [9.17, 15) is 19.1 Å². The van der Waals surface area contributed by atoms with Crippen LogP contribution in [0.15, 0.2) is 36.9 Å². The van der Waals surface area contributed by atoms with Crippen molar-refractivity contribution in [3.8, 4) is 5.69 Å². The van der Waals surface area contributed by atoms with E-state index in [0.29, 0.717) is 12.8 Å². The Morgan fingerprint density at radius 2 is 2.19 bits per heavy atom. The predicted octanol–water partition coefficient (Wildman–Crippen LogP) is 1.89. The van der Waals surface area contributed by atoms with Gasteiger partial charge in [-0.1, -0.05) is 18.2 Å². The van der Waals surface area contributed by atoms with E-state index in [1.807, 2.05) is 0 Å². The van der Waals surface area contributed by atoms with Crippen LogP contribution in [0.25, 0.3) is 5.69 Å². The lowest BCUT2D eigenvalue weighted by molar-refractivity contribution is -0.140. The average Bonchev–Trinajstić information content (AvgIpc) is 3.24. The summed E-state index contributed by atoms with van der Waals surface area (Å²) in [6.07, 6.45) is 3.63. The molecule has 1 unspecified atom stereocenters. The van der Waals surface area contributed by atoms with Crippen molar-refractivity contribution >= 4 is 11.9 Å². The number of amides is 1. The van der Waals surface area contributed by atoms with Crippen molar-refractivity contribution in [1.82, 2.24) is 15.1 Å². The van der Waals surface area contributed by atoms with Crippen LogP contribution in [-0.2, 0) is 22.4 Å². The van der Waals surface area contributed by atoms with E-state index in [-0.39, 0.29) is 24.6 Å². The first kappa shape index (κ1) is 18.8. The second-order valence-corrected chi connectivity index (χ2v) is 6.18. The Bertz CT molecular complexity index is 878. The summed E-state index contributed by atoms with van der Waals surface area (Å²) in [5.41, 5.74) is 1.89. The molecule has 1 heterocycles. The first-order chi connectivity index (χ1) is 13.0. The van der Waals surface area contributed by atoms with Gasteiger partial charge in [0.05, 0.1) is 13.2 Å². The summed E-state index contributed by atoms with van der Waals surface area (Å²) in [7, 11) is 0. The van der Waals surface area contributed by atoms with E-state index in [0.717, 1.165) is 17.7 Å². The molecule has 1 atom stereocenters. The number of aromatic nitrogens is 2. The van der Waals surface area contributed by atoms with Crippen LogP contribution < -0.4 is 5.32 Å². The lowest BCUT2D eigenvalue weighted by Crippen LogP contribution is -2.44. The number of ether oxygens (including phenoxy) is 1. The highest BCUT2D eigenvalue weighted by atomic mass is 19.1. The van der Waals surface area contributed by atoms with Gasteiger partial charge < -0.3 is 15.2 Å². The number of halogens is 1. The van der Waals surface area contributed by atoms with E-state index in [4.69, 9.17) is 4.74 Å². The van der Waals surface area contributed by atoms with Gasteiger partial charge in [0.1, 0.15) is 11.5 Å². The molecule has 1 aliphatic carbocycles. The Balaban J connectivity index is 1.87. The van der Waals surface area contributed by atoms with Crippen LogP contribution in [0.1, 0.15) is 28.2 Å². The molecule has 0 bridgehead atoms. The molecule has 3 rings (SSSR count). The fourth-order valence-corrected chi connectivity index (χ4v) is 3.11. The highest BCUT2D eigenvalue weighted by Crippen LogP contribution is 2.28. The van der Waals surface area contributed by atoms with Crippen molar-refractivity contribution in [3.63, 3.8) is 0 Å². The highest BCUT2D eigenvalue weighted by Gasteiger charge is 2.30. The number of aliphatic carboxylic acids is 1. The third-order valence-electron chi connectivity index (χ3n) is 4.35. The van der Waals surface area contributed by atoms with Crippen LogP contribution in [0.3, 0.4) is 0 Å². The van der Waals surface area contributed by atoms with Crippen LogP contribution >= 0.6 is 0 Å². The minimum atomic E-state index is -1.21. The largest absolute Gasteiger partial charge is 0.480 e. The number of nitrogens with zero attached hydrogens (tertiary/aromatic N) is 2. The Morgan fingerprint density at radius 1 is 1.41 bits per heavy atom. The molecule has 0 fully saturated rings. The maximum Gasteiger partial charge on any atom is 0.328 e. The molecule has 142 valence electrons. The third kappa shape index (κ3) is 3.90. The molecule has 0 radical (unpaired) electrons. The highest BCUT2D eigenvalue weighted by molar-refractivity contribution is 5.96. The maximum atomic E-state index is 14.2. The molecule has 0 spiro atoms. The molecule has 27 heavy (non-hydrogen) atoms. The number of carboxylic acids is 1. The number of hydrogen-bond donors (Lipinski definition) is 2. The van der Waals surface area contributed by atoms with Crippen LogP contribution in [-0.4, -0.2) is 46.0 Å². The molecular formula is C19H20FN3O4. The van der Waals surface area contributed by atoms with Crippen molar-refractivity contribution in [2.45, 2.75) is 25.3 Å². The van der Waals surface area contributed by atoms with Crippen LogP contribution in [0, 0.1) is 5.82 Å². The maximum absolute atomic E-state index is 14.2. The second-order valence-electron chi connectivity index (χ2n) is 6.18. The number of hydrogen-bond acceptors (Lipinski definition) is 4. The molecule has 2 aromatic rings. The van der Waals surface area contributed by atoms with Gasteiger partial charge in [-0.3, -0.25) is 4.79 Å². The van der Waals surface area contributed by atoms with Gasteiger partial charge in [0.15, 0.2) is 11.7 Å². The van der Waals surface area contributed by atoms with Gasteiger partial charge in [0.2, 0.25) is 0 Å². The Labute approximate surface area is 155 Å². The zero-order chi connectivity index (χ0) is 19.4. The van der Waals surface area contributed by atoms with Crippen molar-refractivity contribution in [1.29, 1.82) is 0 Å². The minimum absolute atomic E-state index is 0.126. The van der Waals surface area contributed by atoms with E-state index in [1.54, 1.807) is 18.2 Å². The fraction of sp³-hybridized carbons (Fsp3) is 0.316. The summed E-state index contributed by atoms with van der Waals surface area (Å²) in [6, 6.07) is 4.98. The molecule has 1 aliphatic rings. The van der Waals surface area contributed by atoms with Gasteiger partial charge in [-0.25, -0.2) is 13.9 Å². The van der Waals surface area contributed by atoms with Crippen molar-refractivity contribution < 1.29 is 23.8 Å². The monoisotopic (exact) mass is 373 g/mol. The Morgan fingerprint density at radius 3 is 2.89 bits per heavy atom. The molecule has 1 aromatic carbocycles. The van der Waals surface area contributed by atoms with Crippen LogP contribution in [0.5, 0.6) is 0 Å². The number of benzene rings is 1. The summed E-state index contributed by atoms with van der Waals surface area (Å²) < 4.78 is 20.8. The number of para-hydroxylation sites is 1. The minimum Gasteiger partial charge on any atom is -0.480 e. The van der Waals surface area contributed by atoms with Crippen molar-refractivity contribution in [2.24, 2.45) is 0 Å². The number of carboxylic acid groups (broad SMARTS) is 1. The number of fused-ring (bicyclic) bond motifs is 1. The quantitative estimate of drug-likeness (QED) is 0.544. The molecule has 7 nitrogen and oxygen atoms in total. The summed E-state index contributed by atoms with van der Waals surface area (Å²) in [5, 5.41) is 16.0. The molecule has 0 aliphatic heterocycles. The van der Waals surface area contributed by atoms with Gasteiger partial charge >= 0.3 is 5.97 Å². The van der Waals surface area contributed by atoms with Crippen LogP contribution in [0.2, 0.25) is 0 Å². The van der Waals surface area contributed by atoms with E-state index in [1.165, 1.54) is 16.8 Å². The number of carbonyl (C=O) groups is 2. The lowest BCUT2D eigenvalue weighted by Gasteiger charge is -2.13. The van der Waals surface area contributed by atoms with Gasteiger partial charge in [0, 0.05) is 11.3 Å². The molecule has 2 N–H and O–H groups in total. The molecule has 1 amide bonds. The van der Waals surface area contributed by atoms with E-state index in [2.05, 4.69) is 17.0 Å². The molecule has 8 heteroatoms. The van der Waals surface area contributed by atoms with Crippen molar-refractivity contribution in [3.05, 3.63) is 59.7 Å². The van der Waals surface area contributed by atoms with Crippen molar-refractivity contribution in [2.75, 3.05) is 13.2 Å². The SMILES string of the molecule is C=CCOCC(NC(=O)c1nn(-c2ccccc2F)c2c1CCC2)C(=O)O. The Kier molecular flexibility index (Phi) is 5.66. The Hall–Kier alpha value is -3.00. The van der Waals surface area contributed by atoms with Gasteiger partial charge in [-0.2, -0.15) is 5.10 Å². The topological polar surface area (TPSA) is 93.5 Å². The zero-order valence-electron chi connectivity index (χ0n) is 14.7. The number of nitrogens with one attached hydrogen (secondary N) is 1. The van der Waals surface area contributed by atoms with Gasteiger partial charge in [0.25, 0.3) is 5.91 Å². The van der Waals surface area contributed by atoms with Crippen LogP contribution in [0.4, 0.5) is 4.39 Å². The average molecular weight is 373 g/mol. The smallest absolute Gasteiger partial charge is 0.328 e. The summed E-state index contributed by atoms with van der Waals surface area (Å²) in [5.74, 6) is -2.27. The van der Waals surface area contributed by atoms with Gasteiger partial charge in [-0.15, -0.1) is 6.58 Å². The third-order valence-corrected chi connectivity index (χ3v) is 4.35. The van der Waals surface area contributed by atoms with E-state index >= 15 is 0 Å². The molecular weight excluding hydrogens is 353 g/mol. The molecule has 1 aromatic heterocycles. The summed E-state index contributed by atoms with van der Waals surface area (Å²) >= 11 is 0. The standard InChI is InChI=1S/C19H20FN3O4/c1-2-10-27-11-14(19(25)26)21-18(24)17-12-6-5-9-15(12)23(22-17)16-8-4-3-7-13(16)20/h2-4,7-8,14H,1,5-6,9-11H2,(H,21,24)(H,25,26). The first-order valence-electron chi connectivity index (χ1n) is 8.61. The lowest BCUT2D eigenvalue weighted by atomic mass is 10.2.